The smallest absolute Gasteiger partial charge is 0.238 e. The Hall–Kier alpha value is -2.62. The molecule has 0 radical (unpaired) electrons. The lowest BCUT2D eigenvalue weighted by atomic mass is 9.62. The molecule has 1 saturated carbocycles. The van der Waals surface area contributed by atoms with Crippen LogP contribution in [0.4, 0.5) is 18.9 Å². The monoisotopic (exact) mass is 549 g/mol. The molecule has 2 fully saturated rings. The molecule has 4 atom stereocenters. The second kappa shape index (κ2) is 8.96. The molecule has 1 aliphatic carbocycles. The van der Waals surface area contributed by atoms with Crippen molar-refractivity contribution in [2.24, 2.45) is 5.41 Å². The zero-order chi connectivity index (χ0) is 27.8. The van der Waals surface area contributed by atoms with Crippen molar-refractivity contribution in [2.75, 3.05) is 5.32 Å². The van der Waals surface area contributed by atoms with Crippen LogP contribution in [-0.4, -0.2) is 40.6 Å². The van der Waals surface area contributed by atoms with Gasteiger partial charge in [0.2, 0.25) is 11.8 Å². The van der Waals surface area contributed by atoms with Crippen molar-refractivity contribution < 1.29 is 27.9 Å². The Morgan fingerprint density at radius 1 is 1.18 bits per heavy atom. The minimum atomic E-state index is -1.64. The van der Waals surface area contributed by atoms with Crippen molar-refractivity contribution in [1.29, 1.82) is 0 Å². The van der Waals surface area contributed by atoms with E-state index in [9.17, 15) is 23.5 Å². The van der Waals surface area contributed by atoms with Crippen LogP contribution in [0.15, 0.2) is 30.3 Å². The fourth-order valence-electron chi connectivity index (χ4n) is 6.56. The van der Waals surface area contributed by atoms with Gasteiger partial charge in [-0.1, -0.05) is 44.5 Å². The van der Waals surface area contributed by atoms with Gasteiger partial charge < -0.3 is 21.1 Å². The zero-order valence-electron chi connectivity index (χ0n) is 21.6. The van der Waals surface area contributed by atoms with Gasteiger partial charge >= 0.3 is 0 Å². The normalized spacial score (nSPS) is 32.2. The van der Waals surface area contributed by atoms with Gasteiger partial charge in [0.25, 0.3) is 0 Å². The van der Waals surface area contributed by atoms with Crippen LogP contribution in [-0.2, 0) is 15.0 Å². The van der Waals surface area contributed by atoms with E-state index in [4.69, 9.17) is 11.6 Å². The van der Waals surface area contributed by atoms with Crippen molar-refractivity contribution in [3.8, 4) is 0 Å². The number of fused-ring (bicyclic) bond motifs is 2. The zero-order valence-corrected chi connectivity index (χ0v) is 22.3. The summed E-state index contributed by atoms with van der Waals surface area (Å²) in [6, 6.07) is 4.11. The highest BCUT2D eigenvalue weighted by Gasteiger charge is 2.66. The second-order valence-electron chi connectivity index (χ2n) is 12.3. The Kier molecular flexibility index (Phi) is 6.36. The van der Waals surface area contributed by atoms with E-state index in [0.29, 0.717) is 19.3 Å². The lowest BCUT2D eigenvalue weighted by Gasteiger charge is -2.42. The first-order chi connectivity index (χ1) is 17.6. The number of nitrogens with one attached hydrogen (secondary N) is 3. The Balaban J connectivity index is 1.71. The van der Waals surface area contributed by atoms with Crippen molar-refractivity contribution in [1.82, 2.24) is 10.6 Å². The largest absolute Gasteiger partial charge is 0.390 e. The van der Waals surface area contributed by atoms with E-state index in [1.165, 1.54) is 18.2 Å². The number of halogens is 4. The summed E-state index contributed by atoms with van der Waals surface area (Å²) in [6.07, 6.45) is 1.07. The Labute approximate surface area is 224 Å². The van der Waals surface area contributed by atoms with E-state index < -0.39 is 58.3 Å². The highest BCUT2D eigenvalue weighted by Crippen LogP contribution is 2.57. The fraction of sp³-hybridized carbons (Fsp3) is 0.500. The van der Waals surface area contributed by atoms with Crippen LogP contribution in [0.25, 0.3) is 0 Å². The number of anilines is 1. The third kappa shape index (κ3) is 4.28. The molecular formula is C28H31ClF3N3O3. The van der Waals surface area contributed by atoms with Crippen LogP contribution < -0.4 is 16.0 Å². The van der Waals surface area contributed by atoms with Crippen LogP contribution in [0.1, 0.15) is 64.0 Å². The highest BCUT2D eigenvalue weighted by atomic mass is 35.5. The van der Waals surface area contributed by atoms with Gasteiger partial charge in [0.15, 0.2) is 11.6 Å². The maximum Gasteiger partial charge on any atom is 0.238 e. The maximum absolute atomic E-state index is 15.7. The Morgan fingerprint density at radius 3 is 2.47 bits per heavy atom. The van der Waals surface area contributed by atoms with E-state index in [2.05, 4.69) is 16.0 Å². The van der Waals surface area contributed by atoms with Gasteiger partial charge in [-0.15, -0.1) is 0 Å². The predicted octanol–water partition coefficient (Wildman–Crippen LogP) is 4.54. The number of benzene rings is 2. The third-order valence-electron chi connectivity index (χ3n) is 8.02. The summed E-state index contributed by atoms with van der Waals surface area (Å²) in [6.45, 7) is 7.55. The molecule has 1 spiro atoms. The summed E-state index contributed by atoms with van der Waals surface area (Å²) in [5.74, 6) is -5.26. The standard InChI is InChI=1S/C28H31ClF3N3O3/c1-26(2,3)12-20-28(15-8-17(30)18(31)9-19(15)34-25(28)37)21(14-6-5-7-16(29)22(14)32)23(35-20)24(36)33-13-10-27(4,38)11-13/h5-9,13,20-21,23,35,38H,10-12H2,1-4H3,(H,33,36)(H,34,37)/t13?,20-,21-,23+,27?,28-/m0/s1. The van der Waals surface area contributed by atoms with E-state index in [-0.39, 0.29) is 33.3 Å². The molecular weight excluding hydrogens is 519 g/mol. The average Bonchev–Trinajstić information content (AvgIpc) is 3.24. The summed E-state index contributed by atoms with van der Waals surface area (Å²) >= 11 is 6.15. The topological polar surface area (TPSA) is 90.5 Å². The van der Waals surface area contributed by atoms with Gasteiger partial charge in [-0.3, -0.25) is 9.59 Å². The average molecular weight is 550 g/mol. The SMILES string of the molecule is CC(C)(C)C[C@@H]1N[C@@H](C(=O)NC2CC(C)(O)C2)[C@H](c2cccc(Cl)c2F)[C@@]12C(=O)Nc1cc(F)c(F)cc12. The summed E-state index contributed by atoms with van der Waals surface area (Å²) < 4.78 is 44.6. The first kappa shape index (κ1) is 27.0. The summed E-state index contributed by atoms with van der Waals surface area (Å²) in [4.78, 5) is 27.7. The van der Waals surface area contributed by atoms with Crippen molar-refractivity contribution in [3.63, 3.8) is 0 Å². The Bertz CT molecular complexity index is 1320. The molecule has 2 amide bonds. The van der Waals surface area contributed by atoms with Crippen LogP contribution in [0, 0.1) is 22.9 Å². The van der Waals surface area contributed by atoms with Crippen LogP contribution in [0.5, 0.6) is 0 Å². The number of rotatable bonds is 4. The van der Waals surface area contributed by atoms with E-state index >= 15 is 4.39 Å². The van der Waals surface area contributed by atoms with Crippen molar-refractivity contribution in [3.05, 3.63) is 63.9 Å². The second-order valence-corrected chi connectivity index (χ2v) is 12.7. The van der Waals surface area contributed by atoms with E-state index in [1.807, 2.05) is 20.8 Å². The molecule has 2 aromatic rings. The number of hydrogen-bond acceptors (Lipinski definition) is 4. The van der Waals surface area contributed by atoms with Crippen LogP contribution in [0.2, 0.25) is 5.02 Å². The van der Waals surface area contributed by atoms with Crippen molar-refractivity contribution in [2.45, 2.75) is 82.0 Å². The van der Waals surface area contributed by atoms with Crippen LogP contribution >= 0.6 is 11.6 Å². The first-order valence-electron chi connectivity index (χ1n) is 12.7. The summed E-state index contributed by atoms with van der Waals surface area (Å²) in [7, 11) is 0. The van der Waals surface area contributed by atoms with Gasteiger partial charge in [0.05, 0.1) is 16.7 Å². The molecule has 0 aromatic heterocycles. The Morgan fingerprint density at radius 2 is 1.84 bits per heavy atom. The van der Waals surface area contributed by atoms with Gasteiger partial charge in [-0.25, -0.2) is 13.2 Å². The number of hydrogen-bond donors (Lipinski definition) is 4. The molecule has 6 nitrogen and oxygen atoms in total. The highest BCUT2D eigenvalue weighted by molar-refractivity contribution is 6.30. The molecule has 5 rings (SSSR count). The summed E-state index contributed by atoms with van der Waals surface area (Å²) in [5, 5.41) is 18.8. The predicted molar refractivity (Wildman–Crippen MR) is 137 cm³/mol. The number of carbonyl (C=O) groups excluding carboxylic acids is 2. The molecule has 0 unspecified atom stereocenters. The first-order valence-corrected chi connectivity index (χ1v) is 13.1. The van der Waals surface area contributed by atoms with Gasteiger partial charge in [0.1, 0.15) is 11.2 Å². The summed E-state index contributed by atoms with van der Waals surface area (Å²) in [5.41, 5.74) is -2.62. The quantitative estimate of drug-likeness (QED) is 0.451. The van der Waals surface area contributed by atoms with Gasteiger partial charge in [-0.2, -0.15) is 0 Å². The molecule has 10 heteroatoms. The number of amides is 2. The van der Waals surface area contributed by atoms with Gasteiger partial charge in [0, 0.05) is 29.8 Å². The minimum Gasteiger partial charge on any atom is -0.390 e. The molecule has 2 heterocycles. The van der Waals surface area contributed by atoms with Gasteiger partial charge in [-0.05, 0) is 54.9 Å². The molecule has 204 valence electrons. The minimum absolute atomic E-state index is 0.0231. The maximum atomic E-state index is 15.7. The lowest BCUT2D eigenvalue weighted by molar-refractivity contribution is -0.127. The third-order valence-corrected chi connectivity index (χ3v) is 8.31. The molecule has 2 aliphatic heterocycles. The van der Waals surface area contributed by atoms with Crippen molar-refractivity contribution >= 4 is 29.1 Å². The molecule has 2 aromatic carbocycles. The van der Waals surface area contributed by atoms with Crippen LogP contribution in [0.3, 0.4) is 0 Å². The number of carbonyl (C=O) groups is 2. The lowest BCUT2D eigenvalue weighted by Crippen LogP contribution is -2.57. The number of aliphatic hydroxyl groups is 1. The molecule has 4 N–H and O–H groups in total. The molecule has 3 aliphatic rings. The van der Waals surface area contributed by atoms with E-state index in [0.717, 1.165) is 12.1 Å². The fourth-order valence-corrected chi connectivity index (χ4v) is 6.74. The van der Waals surface area contributed by atoms with E-state index in [1.54, 1.807) is 6.92 Å². The molecule has 0 bridgehead atoms. The molecule has 1 saturated heterocycles. The molecule has 38 heavy (non-hydrogen) atoms.